The topological polar surface area (TPSA) is 102 Å². The molecule has 1 rings (SSSR count). The molecule has 1 amide bonds. The molecular weight excluding hydrogens is 387 g/mol. The van der Waals surface area contributed by atoms with Gasteiger partial charge in [-0.3, -0.25) is 4.79 Å². The molecule has 0 atom stereocenters. The average molecular weight is 410 g/mol. The molecule has 0 aliphatic heterocycles. The Bertz CT molecular complexity index is 448. The van der Waals surface area contributed by atoms with Crippen molar-refractivity contribution in [2.75, 3.05) is 26.8 Å². The summed E-state index contributed by atoms with van der Waals surface area (Å²) < 4.78 is 10.2. The molecule has 4 N–H and O–H groups in total. The first-order valence-corrected chi connectivity index (χ1v) is 6.57. The van der Waals surface area contributed by atoms with Gasteiger partial charge in [0.15, 0.2) is 11.7 Å². The normalized spacial score (nSPS) is 10.9. The quantitative estimate of drug-likeness (QED) is 0.258. The van der Waals surface area contributed by atoms with Gasteiger partial charge in [0.1, 0.15) is 12.3 Å². The Morgan fingerprint density at radius 2 is 2.19 bits per heavy atom. The summed E-state index contributed by atoms with van der Waals surface area (Å²) in [6.07, 6.45) is 0.896. The van der Waals surface area contributed by atoms with Gasteiger partial charge in [-0.1, -0.05) is 0 Å². The Kier molecular flexibility index (Phi) is 10.7. The smallest absolute Gasteiger partial charge is 0.284 e. The SMILES string of the molecule is CCNC(=NCc1ccc(C(N)=O)o1)NCCCOC.I. The van der Waals surface area contributed by atoms with Crippen LogP contribution < -0.4 is 16.4 Å². The van der Waals surface area contributed by atoms with Gasteiger partial charge in [-0.05, 0) is 25.5 Å². The van der Waals surface area contributed by atoms with E-state index in [2.05, 4.69) is 15.6 Å². The van der Waals surface area contributed by atoms with Crippen molar-refractivity contribution in [2.24, 2.45) is 10.7 Å². The second kappa shape index (κ2) is 11.4. The van der Waals surface area contributed by atoms with Crippen LogP contribution in [0.3, 0.4) is 0 Å². The van der Waals surface area contributed by atoms with E-state index in [1.165, 1.54) is 0 Å². The number of carbonyl (C=O) groups excluding carboxylic acids is 1. The number of methoxy groups -OCH3 is 1. The molecule has 120 valence electrons. The van der Waals surface area contributed by atoms with Gasteiger partial charge < -0.3 is 25.5 Å². The van der Waals surface area contributed by atoms with E-state index in [1.54, 1.807) is 19.2 Å². The third-order valence-electron chi connectivity index (χ3n) is 2.46. The van der Waals surface area contributed by atoms with E-state index in [0.29, 0.717) is 24.9 Å². The van der Waals surface area contributed by atoms with Gasteiger partial charge in [-0.25, -0.2) is 4.99 Å². The third-order valence-corrected chi connectivity index (χ3v) is 2.46. The van der Waals surface area contributed by atoms with Gasteiger partial charge in [-0.2, -0.15) is 0 Å². The molecule has 0 saturated carbocycles. The van der Waals surface area contributed by atoms with E-state index in [9.17, 15) is 4.79 Å². The molecule has 0 saturated heterocycles. The van der Waals surface area contributed by atoms with Crippen molar-refractivity contribution in [2.45, 2.75) is 19.9 Å². The second-order valence-electron chi connectivity index (χ2n) is 4.10. The molecule has 7 nitrogen and oxygen atoms in total. The standard InChI is InChI=1S/C13H22N4O3.HI/c1-3-15-13(16-7-4-8-19-2)17-9-10-5-6-11(20-10)12(14)18;/h5-6H,3-4,7-9H2,1-2H3,(H2,14,18)(H2,15,16,17);1H. The Balaban J connectivity index is 0.00000400. The lowest BCUT2D eigenvalue weighted by Crippen LogP contribution is -2.38. The fourth-order valence-electron chi connectivity index (χ4n) is 1.52. The largest absolute Gasteiger partial charge is 0.454 e. The van der Waals surface area contributed by atoms with Gasteiger partial charge in [0.25, 0.3) is 5.91 Å². The molecule has 0 aliphatic rings. The molecule has 0 aliphatic carbocycles. The first-order valence-electron chi connectivity index (χ1n) is 6.57. The van der Waals surface area contributed by atoms with Crippen LogP contribution in [0, 0.1) is 0 Å². The van der Waals surface area contributed by atoms with E-state index >= 15 is 0 Å². The van der Waals surface area contributed by atoms with Crippen LogP contribution in [0.1, 0.15) is 29.7 Å². The van der Waals surface area contributed by atoms with Gasteiger partial charge in [0.05, 0.1) is 0 Å². The highest BCUT2D eigenvalue weighted by Gasteiger charge is 2.06. The maximum atomic E-state index is 10.9. The Hall–Kier alpha value is -1.29. The lowest BCUT2D eigenvalue weighted by Gasteiger charge is -2.10. The zero-order chi connectivity index (χ0) is 14.8. The zero-order valence-electron chi connectivity index (χ0n) is 12.3. The second-order valence-corrected chi connectivity index (χ2v) is 4.10. The van der Waals surface area contributed by atoms with E-state index in [4.69, 9.17) is 14.9 Å². The summed E-state index contributed by atoms with van der Waals surface area (Å²) in [5.41, 5.74) is 5.12. The van der Waals surface area contributed by atoms with Gasteiger partial charge in [-0.15, -0.1) is 24.0 Å². The number of carbonyl (C=O) groups is 1. The van der Waals surface area contributed by atoms with Crippen LogP contribution in [0.25, 0.3) is 0 Å². The maximum absolute atomic E-state index is 10.9. The number of nitrogens with zero attached hydrogens (tertiary/aromatic N) is 1. The number of nitrogens with one attached hydrogen (secondary N) is 2. The van der Waals surface area contributed by atoms with Crippen molar-refractivity contribution < 1.29 is 13.9 Å². The Labute approximate surface area is 141 Å². The number of halogens is 1. The number of primary amides is 1. The molecule has 0 fully saturated rings. The summed E-state index contributed by atoms with van der Waals surface area (Å²) in [4.78, 5) is 15.3. The van der Waals surface area contributed by atoms with Crippen molar-refractivity contribution in [1.29, 1.82) is 0 Å². The number of nitrogens with two attached hydrogens (primary N) is 1. The lowest BCUT2D eigenvalue weighted by molar-refractivity contribution is 0.0972. The van der Waals surface area contributed by atoms with Crippen LogP contribution in [0.15, 0.2) is 21.5 Å². The molecule has 0 radical (unpaired) electrons. The molecule has 8 heteroatoms. The fraction of sp³-hybridized carbons (Fsp3) is 0.538. The average Bonchev–Trinajstić information content (AvgIpc) is 2.90. The highest BCUT2D eigenvalue weighted by Crippen LogP contribution is 2.08. The number of hydrogen-bond donors (Lipinski definition) is 3. The van der Waals surface area contributed by atoms with E-state index in [0.717, 1.165) is 19.5 Å². The minimum atomic E-state index is -0.579. The van der Waals surface area contributed by atoms with Gasteiger partial charge in [0, 0.05) is 26.8 Å². The minimum absolute atomic E-state index is 0. The van der Waals surface area contributed by atoms with E-state index in [1.807, 2.05) is 6.92 Å². The number of guanidine groups is 1. The van der Waals surface area contributed by atoms with Gasteiger partial charge in [0.2, 0.25) is 0 Å². The predicted molar refractivity (Wildman–Crippen MR) is 92.0 cm³/mol. The summed E-state index contributed by atoms with van der Waals surface area (Å²) in [6.45, 7) is 4.56. The van der Waals surface area contributed by atoms with Crippen molar-refractivity contribution in [3.63, 3.8) is 0 Å². The number of furan rings is 1. The molecule has 0 aromatic carbocycles. The first kappa shape index (κ1) is 19.7. The van der Waals surface area contributed by atoms with Crippen LogP contribution >= 0.6 is 24.0 Å². The minimum Gasteiger partial charge on any atom is -0.454 e. The van der Waals surface area contributed by atoms with Crippen LogP contribution in [0.5, 0.6) is 0 Å². The van der Waals surface area contributed by atoms with Crippen LogP contribution in [0.4, 0.5) is 0 Å². The number of rotatable bonds is 8. The van der Waals surface area contributed by atoms with E-state index in [-0.39, 0.29) is 29.7 Å². The third kappa shape index (κ3) is 7.90. The molecule has 1 aromatic heterocycles. The number of aliphatic imine (C=N–C) groups is 1. The number of ether oxygens (including phenoxy) is 1. The lowest BCUT2D eigenvalue weighted by atomic mass is 10.4. The summed E-state index contributed by atoms with van der Waals surface area (Å²) in [7, 11) is 1.67. The summed E-state index contributed by atoms with van der Waals surface area (Å²) in [6, 6.07) is 3.24. The van der Waals surface area contributed by atoms with Crippen LogP contribution in [-0.4, -0.2) is 38.7 Å². The molecule has 0 unspecified atom stereocenters. The molecule has 1 aromatic rings. The highest BCUT2D eigenvalue weighted by molar-refractivity contribution is 14.0. The molecule has 0 bridgehead atoms. The summed E-state index contributed by atoms with van der Waals surface area (Å²) in [5.74, 6) is 0.853. The first-order chi connectivity index (χ1) is 9.67. The monoisotopic (exact) mass is 410 g/mol. The zero-order valence-corrected chi connectivity index (χ0v) is 14.7. The number of hydrogen-bond acceptors (Lipinski definition) is 4. The van der Waals surface area contributed by atoms with Crippen molar-refractivity contribution >= 4 is 35.8 Å². The number of amides is 1. The van der Waals surface area contributed by atoms with Crippen molar-refractivity contribution in [3.8, 4) is 0 Å². The molecule has 1 heterocycles. The molecular formula is C13H23IN4O3. The van der Waals surface area contributed by atoms with Crippen LogP contribution in [-0.2, 0) is 11.3 Å². The predicted octanol–water partition coefficient (Wildman–Crippen LogP) is 1.09. The summed E-state index contributed by atoms with van der Waals surface area (Å²) in [5, 5.41) is 6.30. The van der Waals surface area contributed by atoms with Crippen LogP contribution in [0.2, 0.25) is 0 Å². The Morgan fingerprint density at radius 1 is 1.43 bits per heavy atom. The van der Waals surface area contributed by atoms with Gasteiger partial charge >= 0.3 is 0 Å². The van der Waals surface area contributed by atoms with Crippen molar-refractivity contribution in [3.05, 3.63) is 23.7 Å². The highest BCUT2D eigenvalue weighted by atomic mass is 127. The molecule has 0 spiro atoms. The fourth-order valence-corrected chi connectivity index (χ4v) is 1.52. The van der Waals surface area contributed by atoms with Crippen molar-refractivity contribution in [1.82, 2.24) is 10.6 Å². The molecule has 21 heavy (non-hydrogen) atoms. The summed E-state index contributed by atoms with van der Waals surface area (Å²) >= 11 is 0. The Morgan fingerprint density at radius 3 is 2.76 bits per heavy atom. The maximum Gasteiger partial charge on any atom is 0.284 e. The van der Waals surface area contributed by atoms with E-state index < -0.39 is 5.91 Å².